The average molecular weight is 278 g/mol. The topological polar surface area (TPSA) is 78.4 Å². The molecule has 1 fully saturated rings. The highest BCUT2D eigenvalue weighted by molar-refractivity contribution is 5.91. The molecule has 0 aromatic carbocycles. The molecular formula is C14H22N4O2. The summed E-state index contributed by atoms with van der Waals surface area (Å²) in [5.41, 5.74) is 0.342. The highest BCUT2D eigenvalue weighted by Crippen LogP contribution is 2.31. The monoisotopic (exact) mass is 278 g/mol. The van der Waals surface area contributed by atoms with Crippen LogP contribution in [0.25, 0.3) is 0 Å². The molecule has 0 spiro atoms. The van der Waals surface area contributed by atoms with E-state index in [1.807, 2.05) is 0 Å². The number of carbonyl (C=O) groups is 1. The quantitative estimate of drug-likeness (QED) is 0.840. The van der Waals surface area contributed by atoms with Crippen LogP contribution in [-0.2, 0) is 0 Å². The molecule has 1 aromatic rings. The normalized spacial score (nSPS) is 21.8. The Labute approximate surface area is 119 Å². The van der Waals surface area contributed by atoms with Gasteiger partial charge in [0.25, 0.3) is 5.91 Å². The van der Waals surface area contributed by atoms with Gasteiger partial charge in [-0.25, -0.2) is 0 Å². The maximum Gasteiger partial charge on any atom is 0.273 e. The Bertz CT molecular complexity index is 447. The van der Waals surface area contributed by atoms with Crippen LogP contribution < -0.4 is 5.32 Å². The first-order valence-corrected chi connectivity index (χ1v) is 7.02. The summed E-state index contributed by atoms with van der Waals surface area (Å²) in [7, 11) is 3.37. The van der Waals surface area contributed by atoms with Gasteiger partial charge in [-0.2, -0.15) is 0 Å². The fourth-order valence-electron chi connectivity index (χ4n) is 2.63. The van der Waals surface area contributed by atoms with Gasteiger partial charge >= 0.3 is 0 Å². The van der Waals surface area contributed by atoms with Crippen molar-refractivity contribution in [1.82, 2.24) is 15.1 Å². The van der Waals surface area contributed by atoms with Crippen LogP contribution in [0, 0.1) is 11.8 Å². The third kappa shape index (κ3) is 3.45. The van der Waals surface area contributed by atoms with Crippen molar-refractivity contribution in [2.24, 2.45) is 11.8 Å². The van der Waals surface area contributed by atoms with Crippen molar-refractivity contribution in [2.75, 3.05) is 32.6 Å². The Morgan fingerprint density at radius 1 is 1.35 bits per heavy atom. The molecule has 2 rings (SSSR count). The van der Waals surface area contributed by atoms with Crippen LogP contribution in [0.4, 0.5) is 5.82 Å². The molecule has 1 saturated carbocycles. The largest absolute Gasteiger partial charge is 0.396 e. The van der Waals surface area contributed by atoms with Gasteiger partial charge in [0.05, 0.1) is 0 Å². The molecule has 0 saturated heterocycles. The van der Waals surface area contributed by atoms with Crippen LogP contribution in [-0.4, -0.2) is 53.4 Å². The van der Waals surface area contributed by atoms with E-state index < -0.39 is 0 Å². The number of carbonyl (C=O) groups excluding carboxylic acids is 1. The van der Waals surface area contributed by atoms with Crippen LogP contribution in [0.2, 0.25) is 0 Å². The molecule has 1 aromatic heterocycles. The summed E-state index contributed by atoms with van der Waals surface area (Å²) in [6.45, 7) is 1.05. The minimum absolute atomic E-state index is 0.153. The van der Waals surface area contributed by atoms with Crippen LogP contribution in [0.15, 0.2) is 12.1 Å². The standard InChI is InChI=1S/C14H22N4O2/c1-18(2)14(20)12-6-7-13(17-16-12)15-8-10-4-3-5-11(10)9-19/h6-7,10-11,19H,3-5,8-9H2,1-2H3,(H,15,17). The van der Waals surface area contributed by atoms with Gasteiger partial charge in [0.2, 0.25) is 0 Å². The van der Waals surface area contributed by atoms with Crippen molar-refractivity contribution in [3.8, 4) is 0 Å². The molecule has 1 amide bonds. The number of anilines is 1. The maximum atomic E-state index is 11.7. The Hall–Kier alpha value is -1.69. The summed E-state index contributed by atoms with van der Waals surface area (Å²) in [6.07, 6.45) is 3.42. The molecule has 0 radical (unpaired) electrons. The summed E-state index contributed by atoms with van der Waals surface area (Å²) in [5, 5.41) is 20.5. The fraction of sp³-hybridized carbons (Fsp3) is 0.643. The molecule has 6 nitrogen and oxygen atoms in total. The van der Waals surface area contributed by atoms with Gasteiger partial charge in [-0.15, -0.1) is 10.2 Å². The predicted molar refractivity (Wildman–Crippen MR) is 76.5 cm³/mol. The third-order valence-corrected chi connectivity index (χ3v) is 3.89. The molecule has 1 aliphatic rings. The molecule has 1 heterocycles. The molecule has 6 heteroatoms. The van der Waals surface area contributed by atoms with Gasteiger partial charge in [0.15, 0.2) is 5.69 Å². The van der Waals surface area contributed by atoms with Gasteiger partial charge in [-0.3, -0.25) is 4.79 Å². The van der Waals surface area contributed by atoms with E-state index in [9.17, 15) is 9.90 Å². The van der Waals surface area contributed by atoms with Crippen LogP contribution in [0.1, 0.15) is 29.8 Å². The Kier molecular flexibility index (Phi) is 4.89. The summed E-state index contributed by atoms with van der Waals surface area (Å²) in [4.78, 5) is 13.2. The lowest BCUT2D eigenvalue weighted by Gasteiger charge is -2.18. The zero-order valence-corrected chi connectivity index (χ0v) is 12.0. The number of nitrogens with zero attached hydrogens (tertiary/aromatic N) is 3. The first kappa shape index (κ1) is 14.7. The second kappa shape index (κ2) is 6.65. The van der Waals surface area contributed by atoms with Crippen molar-refractivity contribution in [1.29, 1.82) is 0 Å². The molecular weight excluding hydrogens is 256 g/mol. The predicted octanol–water partition coefficient (Wildman–Crippen LogP) is 0.999. The van der Waals surface area contributed by atoms with Gasteiger partial charge in [-0.1, -0.05) is 6.42 Å². The Morgan fingerprint density at radius 3 is 2.70 bits per heavy atom. The molecule has 2 N–H and O–H groups in total. The summed E-state index contributed by atoms with van der Waals surface area (Å²) >= 11 is 0. The lowest BCUT2D eigenvalue weighted by Crippen LogP contribution is -2.24. The fourth-order valence-corrected chi connectivity index (χ4v) is 2.63. The van der Waals surface area contributed by atoms with Crippen molar-refractivity contribution in [3.63, 3.8) is 0 Å². The van der Waals surface area contributed by atoms with Gasteiger partial charge in [0, 0.05) is 27.2 Å². The average Bonchev–Trinajstić information content (AvgIpc) is 2.92. The van der Waals surface area contributed by atoms with E-state index in [0.717, 1.165) is 19.4 Å². The van der Waals surface area contributed by atoms with E-state index >= 15 is 0 Å². The first-order valence-electron chi connectivity index (χ1n) is 7.02. The number of amides is 1. The minimum atomic E-state index is -0.153. The molecule has 2 atom stereocenters. The first-order chi connectivity index (χ1) is 9.61. The number of nitrogens with one attached hydrogen (secondary N) is 1. The van der Waals surface area contributed by atoms with Crippen molar-refractivity contribution in [2.45, 2.75) is 19.3 Å². The SMILES string of the molecule is CN(C)C(=O)c1ccc(NCC2CCCC2CO)nn1. The van der Waals surface area contributed by atoms with E-state index in [0.29, 0.717) is 23.3 Å². The summed E-state index contributed by atoms with van der Waals surface area (Å²) in [5.74, 6) is 1.40. The summed E-state index contributed by atoms with van der Waals surface area (Å²) < 4.78 is 0. The molecule has 1 aliphatic carbocycles. The van der Waals surface area contributed by atoms with Crippen LogP contribution in [0.5, 0.6) is 0 Å². The second-order valence-electron chi connectivity index (χ2n) is 5.52. The minimum Gasteiger partial charge on any atom is -0.396 e. The lowest BCUT2D eigenvalue weighted by atomic mass is 9.97. The second-order valence-corrected chi connectivity index (χ2v) is 5.52. The van der Waals surface area contributed by atoms with E-state index in [-0.39, 0.29) is 12.5 Å². The van der Waals surface area contributed by atoms with Crippen LogP contribution >= 0.6 is 0 Å². The van der Waals surface area contributed by atoms with Gasteiger partial charge in [0.1, 0.15) is 5.82 Å². The van der Waals surface area contributed by atoms with E-state index in [1.165, 1.54) is 11.3 Å². The highest BCUT2D eigenvalue weighted by Gasteiger charge is 2.26. The summed E-state index contributed by atoms with van der Waals surface area (Å²) in [6, 6.07) is 3.45. The van der Waals surface area contributed by atoms with Crippen LogP contribution in [0.3, 0.4) is 0 Å². The van der Waals surface area contributed by atoms with E-state index in [4.69, 9.17) is 0 Å². The number of rotatable bonds is 5. The van der Waals surface area contributed by atoms with Gasteiger partial charge in [-0.05, 0) is 36.8 Å². The Balaban J connectivity index is 1.89. The zero-order valence-electron chi connectivity index (χ0n) is 12.0. The van der Waals surface area contributed by atoms with Crippen molar-refractivity contribution < 1.29 is 9.90 Å². The molecule has 0 aliphatic heterocycles. The van der Waals surface area contributed by atoms with Crippen molar-refractivity contribution >= 4 is 11.7 Å². The smallest absolute Gasteiger partial charge is 0.273 e. The van der Waals surface area contributed by atoms with E-state index in [2.05, 4.69) is 15.5 Å². The molecule has 20 heavy (non-hydrogen) atoms. The highest BCUT2D eigenvalue weighted by atomic mass is 16.3. The Morgan fingerprint density at radius 2 is 2.10 bits per heavy atom. The number of aliphatic hydroxyl groups is 1. The maximum absolute atomic E-state index is 11.7. The van der Waals surface area contributed by atoms with E-state index in [1.54, 1.807) is 26.2 Å². The molecule has 110 valence electrons. The number of aliphatic hydroxyl groups excluding tert-OH is 1. The molecule has 2 unspecified atom stereocenters. The molecule has 0 bridgehead atoms. The third-order valence-electron chi connectivity index (χ3n) is 3.89. The lowest BCUT2D eigenvalue weighted by molar-refractivity contribution is 0.0821. The number of hydrogen-bond acceptors (Lipinski definition) is 5. The van der Waals surface area contributed by atoms with Gasteiger partial charge < -0.3 is 15.3 Å². The number of hydrogen-bond donors (Lipinski definition) is 2. The number of aromatic nitrogens is 2. The zero-order chi connectivity index (χ0) is 14.5. The van der Waals surface area contributed by atoms with Crippen molar-refractivity contribution in [3.05, 3.63) is 17.8 Å².